The van der Waals surface area contributed by atoms with Crippen LogP contribution in [0.3, 0.4) is 0 Å². The minimum Gasteiger partial charge on any atom is -0.396 e. The van der Waals surface area contributed by atoms with Gasteiger partial charge in [0, 0.05) is 6.61 Å². The van der Waals surface area contributed by atoms with Crippen molar-refractivity contribution in [2.45, 2.75) is 19.4 Å². The van der Waals surface area contributed by atoms with Crippen molar-refractivity contribution in [1.29, 1.82) is 0 Å². The minimum atomic E-state index is -1.13. The van der Waals surface area contributed by atoms with Crippen LogP contribution in [0.1, 0.15) is 13.3 Å². The Kier molecular flexibility index (Phi) is 5.45. The number of hydrogen-bond acceptors (Lipinski definition) is 4. The Bertz CT molecular complexity index is 343. The highest BCUT2D eigenvalue weighted by Gasteiger charge is 2.21. The first-order valence-electron chi connectivity index (χ1n) is 5.55. The van der Waals surface area contributed by atoms with Crippen molar-refractivity contribution < 1.29 is 15.0 Å². The van der Waals surface area contributed by atoms with Crippen molar-refractivity contribution in [3.8, 4) is 0 Å². The van der Waals surface area contributed by atoms with E-state index in [1.165, 1.54) is 0 Å². The average molecular weight is 238 g/mol. The van der Waals surface area contributed by atoms with Gasteiger partial charge in [-0.25, -0.2) is 0 Å². The molecule has 1 rings (SSSR count). The van der Waals surface area contributed by atoms with Crippen molar-refractivity contribution in [3.63, 3.8) is 0 Å². The molecule has 0 aliphatic carbocycles. The molecule has 0 fully saturated rings. The molecule has 0 saturated heterocycles. The maximum atomic E-state index is 11.5. The van der Waals surface area contributed by atoms with E-state index in [9.17, 15) is 9.90 Å². The monoisotopic (exact) mass is 238 g/mol. The lowest BCUT2D eigenvalue weighted by molar-refractivity contribution is -0.131. The first-order chi connectivity index (χ1) is 8.15. The van der Waals surface area contributed by atoms with Gasteiger partial charge in [0.05, 0.1) is 5.69 Å². The second-order valence-electron chi connectivity index (χ2n) is 3.91. The Hall–Kier alpha value is -1.59. The molecule has 0 spiro atoms. The van der Waals surface area contributed by atoms with E-state index in [1.807, 2.05) is 18.2 Å². The Morgan fingerprint density at radius 1 is 1.35 bits per heavy atom. The predicted molar refractivity (Wildman–Crippen MR) is 65.1 cm³/mol. The average Bonchev–Trinajstić information content (AvgIpc) is 2.36. The van der Waals surface area contributed by atoms with E-state index in [0.717, 1.165) is 5.69 Å². The number of aliphatic hydroxyl groups excluding tert-OH is 2. The van der Waals surface area contributed by atoms with Gasteiger partial charge in [0.25, 0.3) is 5.91 Å². The molecule has 0 aromatic heterocycles. The lowest BCUT2D eigenvalue weighted by Crippen LogP contribution is -2.41. The number of amides is 1. The summed E-state index contributed by atoms with van der Waals surface area (Å²) in [6, 6.07) is 9.12. The van der Waals surface area contributed by atoms with E-state index >= 15 is 0 Å². The largest absolute Gasteiger partial charge is 0.396 e. The molecular formula is C12H18N2O3. The molecule has 1 aromatic carbocycles. The van der Waals surface area contributed by atoms with Crippen LogP contribution in [-0.2, 0) is 4.79 Å². The number of rotatable bonds is 6. The molecule has 1 amide bonds. The molecule has 0 aliphatic heterocycles. The summed E-state index contributed by atoms with van der Waals surface area (Å²) in [7, 11) is 0. The summed E-state index contributed by atoms with van der Waals surface area (Å²) >= 11 is 0. The number of anilines is 1. The maximum absolute atomic E-state index is 11.5. The van der Waals surface area contributed by atoms with Gasteiger partial charge >= 0.3 is 0 Å². The summed E-state index contributed by atoms with van der Waals surface area (Å²) in [5.41, 5.74) is 5.86. The molecule has 2 atom stereocenters. The molecule has 0 radical (unpaired) electrons. The van der Waals surface area contributed by atoms with Gasteiger partial charge in [-0.15, -0.1) is 0 Å². The zero-order valence-corrected chi connectivity index (χ0v) is 9.76. The van der Waals surface area contributed by atoms with Gasteiger partial charge in [0.2, 0.25) is 0 Å². The standard InChI is InChI=1S/C12H18N2O3/c1-9(7-8-15)11(16)12(17)14-13-10-5-3-2-4-6-10/h2-6,9,11,13,15-16H,7-8H2,1H3,(H,14,17)/t9-,11+/m1/s1. The first kappa shape index (κ1) is 13.5. The summed E-state index contributed by atoms with van der Waals surface area (Å²) in [5, 5.41) is 18.3. The van der Waals surface area contributed by atoms with Crippen LogP contribution < -0.4 is 10.9 Å². The number of carbonyl (C=O) groups is 1. The molecule has 0 unspecified atom stereocenters. The van der Waals surface area contributed by atoms with Crippen molar-refractivity contribution in [2.75, 3.05) is 12.0 Å². The minimum absolute atomic E-state index is 0.0440. The zero-order chi connectivity index (χ0) is 12.7. The van der Waals surface area contributed by atoms with E-state index in [-0.39, 0.29) is 12.5 Å². The van der Waals surface area contributed by atoms with E-state index in [0.29, 0.717) is 6.42 Å². The molecule has 5 heteroatoms. The second-order valence-corrected chi connectivity index (χ2v) is 3.91. The summed E-state index contributed by atoms with van der Waals surface area (Å²) in [6.07, 6.45) is -0.738. The van der Waals surface area contributed by atoms with Gasteiger partial charge in [0.15, 0.2) is 0 Å². The smallest absolute Gasteiger partial charge is 0.267 e. The highest BCUT2D eigenvalue weighted by molar-refractivity contribution is 5.81. The third-order valence-electron chi connectivity index (χ3n) is 2.50. The van der Waals surface area contributed by atoms with E-state index in [2.05, 4.69) is 10.9 Å². The van der Waals surface area contributed by atoms with Crippen LogP contribution in [0.2, 0.25) is 0 Å². The van der Waals surface area contributed by atoms with Crippen molar-refractivity contribution in [2.24, 2.45) is 5.92 Å². The fraction of sp³-hybridized carbons (Fsp3) is 0.417. The molecule has 17 heavy (non-hydrogen) atoms. The van der Waals surface area contributed by atoms with Crippen molar-refractivity contribution in [3.05, 3.63) is 30.3 Å². The van der Waals surface area contributed by atoms with Crippen molar-refractivity contribution >= 4 is 11.6 Å². The number of hydrogen-bond donors (Lipinski definition) is 4. The number of benzene rings is 1. The number of nitrogens with one attached hydrogen (secondary N) is 2. The molecule has 0 saturated carbocycles. The Morgan fingerprint density at radius 3 is 2.59 bits per heavy atom. The molecule has 0 aliphatic rings. The Balaban J connectivity index is 2.39. The number of carbonyl (C=O) groups excluding carboxylic acids is 1. The van der Waals surface area contributed by atoms with Gasteiger partial charge in [-0.3, -0.25) is 15.6 Å². The molecule has 0 heterocycles. The number of hydrazine groups is 1. The Labute approximate surface area is 100 Å². The van der Waals surface area contributed by atoms with Gasteiger partial charge < -0.3 is 10.2 Å². The fourth-order valence-corrected chi connectivity index (χ4v) is 1.35. The van der Waals surface area contributed by atoms with Crippen LogP contribution in [0.25, 0.3) is 0 Å². The lowest BCUT2D eigenvalue weighted by Gasteiger charge is -2.18. The summed E-state index contributed by atoms with van der Waals surface area (Å²) in [5.74, 6) is -0.785. The van der Waals surface area contributed by atoms with Crippen LogP contribution in [0.5, 0.6) is 0 Å². The summed E-state index contributed by atoms with van der Waals surface area (Å²) < 4.78 is 0. The summed E-state index contributed by atoms with van der Waals surface area (Å²) in [6.45, 7) is 1.67. The number of aliphatic hydroxyl groups is 2. The summed E-state index contributed by atoms with van der Waals surface area (Å²) in [4.78, 5) is 11.5. The van der Waals surface area contributed by atoms with E-state index in [4.69, 9.17) is 5.11 Å². The van der Waals surface area contributed by atoms with Gasteiger partial charge in [-0.1, -0.05) is 25.1 Å². The van der Waals surface area contributed by atoms with Gasteiger partial charge in [-0.05, 0) is 24.5 Å². The van der Waals surface area contributed by atoms with Crippen LogP contribution in [-0.4, -0.2) is 28.8 Å². The van der Waals surface area contributed by atoms with Crippen LogP contribution in [0.15, 0.2) is 30.3 Å². The van der Waals surface area contributed by atoms with Gasteiger partial charge in [0.1, 0.15) is 6.10 Å². The molecule has 1 aromatic rings. The highest BCUT2D eigenvalue weighted by atomic mass is 16.3. The zero-order valence-electron chi connectivity index (χ0n) is 9.76. The van der Waals surface area contributed by atoms with Crippen molar-refractivity contribution in [1.82, 2.24) is 5.43 Å². The van der Waals surface area contributed by atoms with Crippen LogP contribution in [0, 0.1) is 5.92 Å². The topological polar surface area (TPSA) is 81.6 Å². The molecule has 94 valence electrons. The van der Waals surface area contributed by atoms with Crippen LogP contribution >= 0.6 is 0 Å². The van der Waals surface area contributed by atoms with E-state index in [1.54, 1.807) is 19.1 Å². The molecular weight excluding hydrogens is 220 g/mol. The first-order valence-corrected chi connectivity index (χ1v) is 5.55. The SMILES string of the molecule is C[C@H](CCO)[C@H](O)C(=O)NNc1ccccc1. The van der Waals surface area contributed by atoms with Gasteiger partial charge in [-0.2, -0.15) is 0 Å². The van der Waals surface area contributed by atoms with Crippen LogP contribution in [0.4, 0.5) is 5.69 Å². The maximum Gasteiger partial charge on any atom is 0.267 e. The third kappa shape index (κ3) is 4.42. The van der Waals surface area contributed by atoms with E-state index < -0.39 is 12.0 Å². The fourth-order valence-electron chi connectivity index (χ4n) is 1.35. The number of para-hydroxylation sites is 1. The predicted octanol–water partition coefficient (Wildman–Crippen LogP) is 0.509. The molecule has 4 N–H and O–H groups in total. The second kappa shape index (κ2) is 6.88. The lowest BCUT2D eigenvalue weighted by atomic mass is 10.0. The third-order valence-corrected chi connectivity index (χ3v) is 2.50. The Morgan fingerprint density at radius 2 is 2.00 bits per heavy atom. The molecule has 5 nitrogen and oxygen atoms in total. The quantitative estimate of drug-likeness (QED) is 0.544. The normalized spacial score (nSPS) is 13.8. The highest BCUT2D eigenvalue weighted by Crippen LogP contribution is 2.08. The molecule has 0 bridgehead atoms.